The fourth-order valence-electron chi connectivity index (χ4n) is 5.68. The summed E-state index contributed by atoms with van der Waals surface area (Å²) >= 11 is 0. The van der Waals surface area contributed by atoms with E-state index in [2.05, 4.69) is 10.0 Å². The van der Waals surface area contributed by atoms with Gasteiger partial charge in [0.05, 0.1) is 0 Å². The first kappa shape index (κ1) is 30.2. The Balaban J connectivity index is 1.71. The third-order valence-corrected chi connectivity index (χ3v) is 10.1. The average Bonchev–Trinajstić information content (AvgIpc) is 3.41. The SMILES string of the molecule is CN(C)c1ccc(NS(=O)(=O)C23CC2C=CCCCCCC(OC(N)=O)C(=O)N2CCCC2(C(N)=O)C(=O)N3)cc1. The van der Waals surface area contributed by atoms with Crippen molar-refractivity contribution in [2.45, 2.75) is 67.9 Å². The van der Waals surface area contributed by atoms with Crippen LogP contribution in [0.15, 0.2) is 36.4 Å². The number of fused-ring (bicyclic) bond motifs is 2. The molecule has 1 saturated heterocycles. The number of hydrogen-bond donors (Lipinski definition) is 4. The number of allylic oxidation sites excluding steroid dienone is 1. The lowest BCUT2D eigenvalue weighted by Gasteiger charge is -2.37. The van der Waals surface area contributed by atoms with Gasteiger partial charge in [-0.15, -0.1) is 0 Å². The highest BCUT2D eigenvalue weighted by atomic mass is 32.2. The lowest BCUT2D eigenvalue weighted by molar-refractivity contribution is -0.157. The van der Waals surface area contributed by atoms with E-state index in [0.29, 0.717) is 24.9 Å². The zero-order chi connectivity index (χ0) is 30.0. The van der Waals surface area contributed by atoms with E-state index in [4.69, 9.17) is 16.2 Å². The predicted molar refractivity (Wildman–Crippen MR) is 152 cm³/mol. The molecule has 4 rings (SSSR count). The second-order valence-corrected chi connectivity index (χ2v) is 13.0. The Morgan fingerprint density at radius 2 is 1.80 bits per heavy atom. The Morgan fingerprint density at radius 3 is 2.44 bits per heavy atom. The summed E-state index contributed by atoms with van der Waals surface area (Å²) in [6, 6.07) is 6.74. The number of sulfonamides is 1. The third kappa shape index (κ3) is 5.83. The van der Waals surface area contributed by atoms with Gasteiger partial charge in [0.15, 0.2) is 11.0 Å². The van der Waals surface area contributed by atoms with Gasteiger partial charge in [-0.2, -0.15) is 0 Å². The molecule has 1 aromatic rings. The number of carbonyl (C=O) groups is 4. The Morgan fingerprint density at radius 1 is 1.10 bits per heavy atom. The minimum absolute atomic E-state index is 0.00658. The van der Waals surface area contributed by atoms with Crippen molar-refractivity contribution in [2.24, 2.45) is 17.4 Å². The molecule has 41 heavy (non-hydrogen) atoms. The van der Waals surface area contributed by atoms with Crippen molar-refractivity contribution in [3.8, 4) is 0 Å². The molecule has 4 amide bonds. The molecule has 1 aromatic carbocycles. The van der Waals surface area contributed by atoms with Crippen LogP contribution in [0.2, 0.25) is 0 Å². The maximum Gasteiger partial charge on any atom is 0.405 e. The molecule has 2 heterocycles. The van der Waals surface area contributed by atoms with Crippen LogP contribution in [0.3, 0.4) is 0 Å². The Labute approximate surface area is 239 Å². The Kier molecular flexibility index (Phi) is 8.52. The van der Waals surface area contributed by atoms with Crippen molar-refractivity contribution in [3.63, 3.8) is 0 Å². The molecule has 3 aliphatic rings. The number of rotatable bonds is 6. The second kappa shape index (κ2) is 11.6. The summed E-state index contributed by atoms with van der Waals surface area (Å²) in [5.41, 5.74) is 9.99. The van der Waals surface area contributed by atoms with Crippen LogP contribution in [0.4, 0.5) is 16.2 Å². The summed E-state index contributed by atoms with van der Waals surface area (Å²) < 4.78 is 35.4. The van der Waals surface area contributed by atoms with Crippen molar-refractivity contribution >= 4 is 45.2 Å². The van der Waals surface area contributed by atoms with Gasteiger partial charge in [-0.25, -0.2) is 13.2 Å². The molecular formula is C27H38N6O7S. The fraction of sp³-hybridized carbons (Fsp3) is 0.556. The fourth-order valence-corrected chi connectivity index (χ4v) is 7.41. The lowest BCUT2D eigenvalue weighted by Crippen LogP contribution is -2.68. The quantitative estimate of drug-likeness (QED) is 0.280. The third-order valence-electron chi connectivity index (χ3n) is 8.07. The average molecular weight is 591 g/mol. The van der Waals surface area contributed by atoms with E-state index in [1.54, 1.807) is 30.3 Å². The summed E-state index contributed by atoms with van der Waals surface area (Å²) in [4.78, 5) is 53.2. The Hall–Kier alpha value is -3.81. The summed E-state index contributed by atoms with van der Waals surface area (Å²) in [5.74, 6) is -3.44. The molecule has 2 aliphatic heterocycles. The molecule has 14 heteroatoms. The van der Waals surface area contributed by atoms with E-state index in [1.165, 1.54) is 0 Å². The van der Waals surface area contributed by atoms with E-state index in [1.807, 2.05) is 25.1 Å². The number of primary amides is 2. The maximum atomic E-state index is 14.0. The van der Waals surface area contributed by atoms with Crippen LogP contribution >= 0.6 is 0 Å². The van der Waals surface area contributed by atoms with Crippen LogP contribution in [0.25, 0.3) is 0 Å². The molecule has 4 unspecified atom stereocenters. The normalized spacial score (nSPS) is 28.8. The number of nitrogens with two attached hydrogens (primary N) is 2. The Bertz CT molecular complexity index is 1330. The van der Waals surface area contributed by atoms with Crippen molar-refractivity contribution in [1.82, 2.24) is 10.2 Å². The summed E-state index contributed by atoms with van der Waals surface area (Å²) in [5, 5.41) is 2.62. The number of benzene rings is 1. The first-order valence-corrected chi connectivity index (χ1v) is 15.2. The second-order valence-electron chi connectivity index (χ2n) is 11.0. The van der Waals surface area contributed by atoms with Gasteiger partial charge >= 0.3 is 6.09 Å². The number of nitrogens with one attached hydrogen (secondary N) is 2. The lowest BCUT2D eigenvalue weighted by atomic mass is 9.92. The maximum absolute atomic E-state index is 14.0. The number of nitrogens with zero attached hydrogens (tertiary/aromatic N) is 2. The summed E-state index contributed by atoms with van der Waals surface area (Å²) in [6.45, 7) is -0.00658. The first-order chi connectivity index (χ1) is 19.3. The molecule has 1 saturated carbocycles. The first-order valence-electron chi connectivity index (χ1n) is 13.7. The standard InChI is InChI=1S/C27H38N6O7S/c1-32(2)20-13-11-19(12-14-20)31-41(38,39)27-17-18(27)9-6-4-3-5-7-10-21(40-25(29)37)22(34)33-16-8-15-26(33,23(28)35)24(36)30-27/h6,9,11-14,18,21,31H,3-5,7-8,10,15-17H2,1-2H3,(H2,28,35)(H2,29,37)(H,30,36). The number of carbonyl (C=O) groups excluding carboxylic acids is 4. The molecule has 0 spiro atoms. The summed E-state index contributed by atoms with van der Waals surface area (Å²) in [6.07, 6.45) is 4.15. The topological polar surface area (TPSA) is 194 Å². The highest BCUT2D eigenvalue weighted by molar-refractivity contribution is 7.94. The van der Waals surface area contributed by atoms with Crippen molar-refractivity contribution in [3.05, 3.63) is 36.4 Å². The van der Waals surface area contributed by atoms with E-state index >= 15 is 0 Å². The molecular weight excluding hydrogens is 552 g/mol. The molecule has 6 N–H and O–H groups in total. The zero-order valence-corrected chi connectivity index (χ0v) is 24.1. The van der Waals surface area contributed by atoms with E-state index in [0.717, 1.165) is 17.0 Å². The number of anilines is 2. The smallest absolute Gasteiger partial charge is 0.405 e. The predicted octanol–water partition coefficient (Wildman–Crippen LogP) is 1.16. The molecule has 13 nitrogen and oxygen atoms in total. The molecule has 1 aliphatic carbocycles. The number of ether oxygens (including phenoxy) is 1. The van der Waals surface area contributed by atoms with Gasteiger partial charge in [0.2, 0.25) is 5.54 Å². The largest absolute Gasteiger partial charge is 0.436 e. The van der Waals surface area contributed by atoms with Gasteiger partial charge in [0, 0.05) is 37.9 Å². The van der Waals surface area contributed by atoms with Crippen molar-refractivity contribution < 1.29 is 32.3 Å². The van der Waals surface area contributed by atoms with Crippen LogP contribution < -0.4 is 26.4 Å². The highest BCUT2D eigenvalue weighted by Crippen LogP contribution is 2.50. The molecule has 0 radical (unpaired) electrons. The minimum Gasteiger partial charge on any atom is -0.436 e. The number of amides is 4. The van der Waals surface area contributed by atoms with Crippen molar-refractivity contribution in [2.75, 3.05) is 30.3 Å². The van der Waals surface area contributed by atoms with E-state index < -0.39 is 56.3 Å². The summed E-state index contributed by atoms with van der Waals surface area (Å²) in [7, 11) is -0.528. The van der Waals surface area contributed by atoms with E-state index in [9.17, 15) is 27.6 Å². The zero-order valence-electron chi connectivity index (χ0n) is 23.3. The van der Waals surface area contributed by atoms with Gasteiger partial charge in [0.25, 0.3) is 27.7 Å². The monoisotopic (exact) mass is 590 g/mol. The van der Waals surface area contributed by atoms with Gasteiger partial charge in [0.1, 0.15) is 0 Å². The molecule has 224 valence electrons. The van der Waals surface area contributed by atoms with Crippen LogP contribution in [0.1, 0.15) is 51.4 Å². The molecule has 0 bridgehead atoms. The molecule has 2 fully saturated rings. The van der Waals surface area contributed by atoms with Crippen molar-refractivity contribution in [1.29, 1.82) is 0 Å². The van der Waals surface area contributed by atoms with Crippen LogP contribution in [0, 0.1) is 5.92 Å². The molecule has 4 atom stereocenters. The van der Waals surface area contributed by atoms with Crippen LogP contribution in [0.5, 0.6) is 0 Å². The highest BCUT2D eigenvalue weighted by Gasteiger charge is 2.67. The number of hydrogen-bond acceptors (Lipinski definition) is 8. The van der Waals surface area contributed by atoms with Gasteiger partial charge in [-0.3, -0.25) is 19.1 Å². The van der Waals surface area contributed by atoms with Gasteiger partial charge in [-0.1, -0.05) is 18.6 Å². The molecule has 0 aromatic heterocycles. The van der Waals surface area contributed by atoms with Crippen LogP contribution in [-0.4, -0.2) is 74.3 Å². The van der Waals surface area contributed by atoms with Gasteiger partial charge < -0.3 is 31.3 Å². The van der Waals surface area contributed by atoms with Gasteiger partial charge in [-0.05, 0) is 69.2 Å². The minimum atomic E-state index is -4.25. The van der Waals surface area contributed by atoms with Crippen LogP contribution in [-0.2, 0) is 29.1 Å². The van der Waals surface area contributed by atoms with E-state index in [-0.39, 0.29) is 32.2 Å².